The standard InChI is InChI=1S/C28H30Cl2FN5O4.C4H10/c1-17-12-19(29)3-2-18(17)14-33-28(39)21-15-32-25-20(27(21)38)13-22(31)26(24(25)30)36-6-4-34(5-7-36)16-23(37)35-8-10-40-11-9-35;1-3-4-2/h2-3,12-13,15H,4-11,14,16H2,1H3,(H,32,38)(H,33,39);3-4H2,1-2H3. The second-order valence-electron chi connectivity index (χ2n) is 11.0. The highest BCUT2D eigenvalue weighted by molar-refractivity contribution is 6.38. The van der Waals surface area contributed by atoms with Crippen molar-refractivity contribution < 1.29 is 18.7 Å². The molecule has 2 saturated heterocycles. The van der Waals surface area contributed by atoms with E-state index in [1.165, 1.54) is 19.0 Å². The molecule has 5 rings (SSSR count). The fraction of sp³-hybridized carbons (Fsp3) is 0.469. The summed E-state index contributed by atoms with van der Waals surface area (Å²) in [5, 5.41) is 3.41. The maximum absolute atomic E-state index is 15.4. The monoisotopic (exact) mass is 647 g/mol. The second kappa shape index (κ2) is 15.7. The van der Waals surface area contributed by atoms with E-state index >= 15 is 4.39 Å². The summed E-state index contributed by atoms with van der Waals surface area (Å²) in [5.74, 6) is -1.16. The highest BCUT2D eigenvalue weighted by Crippen LogP contribution is 2.35. The number of amides is 2. The highest BCUT2D eigenvalue weighted by atomic mass is 35.5. The number of rotatable bonds is 7. The number of aromatic nitrogens is 1. The van der Waals surface area contributed by atoms with Gasteiger partial charge in [0.05, 0.1) is 41.4 Å². The SMILES string of the molecule is CCCC.Cc1cc(Cl)ccc1CNC(=O)c1c[nH]c2c(Cl)c(N3CCN(CC(=O)N4CCOCC4)CC3)c(F)cc2c1=O. The molecule has 2 aromatic carbocycles. The topological polar surface area (TPSA) is 98.0 Å². The van der Waals surface area contributed by atoms with Crippen molar-refractivity contribution in [3.8, 4) is 0 Å². The lowest BCUT2D eigenvalue weighted by Crippen LogP contribution is -2.51. The van der Waals surface area contributed by atoms with Crippen molar-refractivity contribution in [3.63, 3.8) is 0 Å². The van der Waals surface area contributed by atoms with Gasteiger partial charge < -0.3 is 24.8 Å². The van der Waals surface area contributed by atoms with E-state index in [-0.39, 0.29) is 39.6 Å². The largest absolute Gasteiger partial charge is 0.378 e. The van der Waals surface area contributed by atoms with Crippen molar-refractivity contribution in [2.24, 2.45) is 0 Å². The van der Waals surface area contributed by atoms with Crippen LogP contribution in [0, 0.1) is 12.7 Å². The molecule has 2 aliphatic heterocycles. The fourth-order valence-corrected chi connectivity index (χ4v) is 5.70. The van der Waals surface area contributed by atoms with Gasteiger partial charge in [-0.05, 0) is 36.2 Å². The third-order valence-electron chi connectivity index (χ3n) is 7.94. The first-order valence-corrected chi connectivity index (χ1v) is 15.8. The lowest BCUT2D eigenvalue weighted by atomic mass is 10.1. The van der Waals surface area contributed by atoms with Gasteiger partial charge in [0.25, 0.3) is 5.91 Å². The van der Waals surface area contributed by atoms with Crippen LogP contribution < -0.4 is 15.6 Å². The first-order valence-electron chi connectivity index (χ1n) is 15.0. The van der Waals surface area contributed by atoms with E-state index in [0.717, 1.165) is 17.2 Å². The molecule has 2 amide bonds. The van der Waals surface area contributed by atoms with Crippen LogP contribution in [-0.2, 0) is 16.1 Å². The number of ether oxygens (including phenoxy) is 1. The summed E-state index contributed by atoms with van der Waals surface area (Å²) in [6.45, 7) is 11.1. The van der Waals surface area contributed by atoms with Crippen LogP contribution in [0.4, 0.5) is 10.1 Å². The molecule has 12 heteroatoms. The highest BCUT2D eigenvalue weighted by Gasteiger charge is 2.27. The van der Waals surface area contributed by atoms with E-state index in [1.54, 1.807) is 23.1 Å². The summed E-state index contributed by atoms with van der Waals surface area (Å²) >= 11 is 12.6. The number of hydrogen-bond donors (Lipinski definition) is 2. The molecule has 0 unspecified atom stereocenters. The molecule has 2 fully saturated rings. The average Bonchev–Trinajstić information content (AvgIpc) is 3.02. The van der Waals surface area contributed by atoms with Crippen molar-refractivity contribution in [1.29, 1.82) is 0 Å². The lowest BCUT2D eigenvalue weighted by molar-refractivity contribution is -0.136. The van der Waals surface area contributed by atoms with Crippen LogP contribution in [0.1, 0.15) is 48.2 Å². The van der Waals surface area contributed by atoms with Crippen LogP contribution in [0.2, 0.25) is 10.0 Å². The first kappa shape index (κ1) is 33.7. The summed E-state index contributed by atoms with van der Waals surface area (Å²) in [6, 6.07) is 6.45. The zero-order chi connectivity index (χ0) is 31.8. The molecule has 2 aliphatic rings. The minimum atomic E-state index is -0.643. The number of carbonyl (C=O) groups excluding carboxylic acids is 2. The smallest absolute Gasteiger partial charge is 0.257 e. The summed E-state index contributed by atoms with van der Waals surface area (Å²) < 4.78 is 20.7. The van der Waals surface area contributed by atoms with Crippen molar-refractivity contribution in [1.82, 2.24) is 20.1 Å². The predicted octanol–water partition coefficient (Wildman–Crippen LogP) is 5.00. The quantitative estimate of drug-likeness (QED) is 0.375. The molecule has 0 atom stereocenters. The molecule has 1 aromatic heterocycles. The number of piperazine rings is 1. The Morgan fingerprint density at radius 2 is 1.70 bits per heavy atom. The zero-order valence-electron chi connectivity index (χ0n) is 25.5. The Labute approximate surface area is 267 Å². The van der Waals surface area contributed by atoms with Crippen molar-refractivity contribution in [2.75, 3.05) is 63.9 Å². The molecule has 3 aromatic rings. The van der Waals surface area contributed by atoms with Gasteiger partial charge in [0.1, 0.15) is 11.4 Å². The number of H-pyrrole nitrogens is 1. The van der Waals surface area contributed by atoms with Crippen molar-refractivity contribution >= 4 is 51.6 Å². The molecular formula is C32H40Cl2FN5O4. The van der Waals surface area contributed by atoms with E-state index in [1.807, 2.05) is 16.7 Å². The predicted molar refractivity (Wildman–Crippen MR) is 174 cm³/mol. The Balaban J connectivity index is 0.00000104. The van der Waals surface area contributed by atoms with Gasteiger partial charge in [-0.25, -0.2) is 4.39 Å². The Morgan fingerprint density at radius 3 is 2.34 bits per heavy atom. The average molecular weight is 649 g/mol. The van der Waals surface area contributed by atoms with Crippen LogP contribution in [-0.4, -0.2) is 85.6 Å². The summed E-state index contributed by atoms with van der Waals surface area (Å²) in [7, 11) is 0. The summed E-state index contributed by atoms with van der Waals surface area (Å²) in [4.78, 5) is 47.2. The number of nitrogens with one attached hydrogen (secondary N) is 2. The van der Waals surface area contributed by atoms with Crippen molar-refractivity contribution in [2.45, 2.75) is 40.2 Å². The second-order valence-corrected chi connectivity index (χ2v) is 11.8. The normalized spacial score (nSPS) is 15.6. The van der Waals surface area contributed by atoms with Gasteiger partial charge in [0, 0.05) is 57.0 Å². The van der Waals surface area contributed by atoms with Crippen LogP contribution in [0.3, 0.4) is 0 Å². The lowest BCUT2D eigenvalue weighted by Gasteiger charge is -2.37. The molecule has 3 heterocycles. The number of anilines is 1. The van der Waals surface area contributed by atoms with Gasteiger partial charge in [0.15, 0.2) is 0 Å². The Morgan fingerprint density at radius 1 is 1.02 bits per heavy atom. The molecular weight excluding hydrogens is 608 g/mol. The number of pyridine rings is 1. The first-order chi connectivity index (χ1) is 21.1. The van der Waals surface area contributed by atoms with Gasteiger partial charge in [-0.1, -0.05) is 56.0 Å². The van der Waals surface area contributed by atoms with Crippen LogP contribution >= 0.6 is 23.2 Å². The van der Waals surface area contributed by atoms with E-state index in [4.69, 9.17) is 27.9 Å². The maximum Gasteiger partial charge on any atom is 0.257 e. The number of hydrogen-bond acceptors (Lipinski definition) is 6. The molecule has 238 valence electrons. The number of aromatic amines is 1. The van der Waals surface area contributed by atoms with Gasteiger partial charge in [0.2, 0.25) is 11.3 Å². The zero-order valence-corrected chi connectivity index (χ0v) is 27.0. The third kappa shape index (κ3) is 8.10. The van der Waals surface area contributed by atoms with E-state index in [9.17, 15) is 14.4 Å². The fourth-order valence-electron chi connectivity index (χ4n) is 5.10. The van der Waals surface area contributed by atoms with Crippen LogP contribution in [0.25, 0.3) is 10.9 Å². The molecule has 0 bridgehead atoms. The number of morpholine rings is 1. The number of benzene rings is 2. The van der Waals surface area contributed by atoms with Gasteiger partial charge in [-0.15, -0.1) is 0 Å². The van der Waals surface area contributed by atoms with Gasteiger partial charge >= 0.3 is 0 Å². The Bertz CT molecular complexity index is 1530. The minimum Gasteiger partial charge on any atom is -0.378 e. The summed E-state index contributed by atoms with van der Waals surface area (Å²) in [5.41, 5.74) is 1.47. The molecule has 0 radical (unpaired) electrons. The third-order valence-corrected chi connectivity index (χ3v) is 8.55. The number of halogens is 3. The number of aryl methyl sites for hydroxylation is 1. The van der Waals surface area contributed by atoms with E-state index in [2.05, 4.69) is 24.1 Å². The molecule has 9 nitrogen and oxygen atoms in total. The van der Waals surface area contributed by atoms with Gasteiger partial charge in [-0.3, -0.25) is 19.3 Å². The van der Waals surface area contributed by atoms with Crippen molar-refractivity contribution in [3.05, 3.63) is 73.2 Å². The summed E-state index contributed by atoms with van der Waals surface area (Å²) in [6.07, 6.45) is 3.94. The van der Waals surface area contributed by atoms with Gasteiger partial charge in [-0.2, -0.15) is 0 Å². The molecule has 0 spiro atoms. The molecule has 2 N–H and O–H groups in total. The molecule has 0 saturated carbocycles. The Hall–Kier alpha value is -3.18. The molecule has 0 aliphatic carbocycles. The van der Waals surface area contributed by atoms with Crippen LogP contribution in [0.15, 0.2) is 35.3 Å². The number of unbranched alkanes of at least 4 members (excludes halogenated alkanes) is 1. The Kier molecular flexibility index (Phi) is 12.0. The minimum absolute atomic E-state index is 0.00341. The maximum atomic E-state index is 15.4. The van der Waals surface area contributed by atoms with E-state index in [0.29, 0.717) is 64.0 Å². The number of nitrogens with zero attached hydrogens (tertiary/aromatic N) is 3. The van der Waals surface area contributed by atoms with Crippen LogP contribution in [0.5, 0.6) is 0 Å². The van der Waals surface area contributed by atoms with E-state index < -0.39 is 17.2 Å². The number of fused-ring (bicyclic) bond motifs is 1. The molecule has 44 heavy (non-hydrogen) atoms. The number of carbonyl (C=O) groups is 2.